The van der Waals surface area contributed by atoms with Gasteiger partial charge in [0.25, 0.3) is 0 Å². The van der Waals surface area contributed by atoms with Crippen LogP contribution in [0.25, 0.3) is 10.4 Å². The molecule has 0 saturated carbocycles. The molecule has 0 N–H and O–H groups in total. The van der Waals surface area contributed by atoms with E-state index in [2.05, 4.69) is 26.6 Å². The number of ether oxygens (including phenoxy) is 1. The third kappa shape index (κ3) is 3.51. The van der Waals surface area contributed by atoms with Crippen molar-refractivity contribution >= 4 is 5.97 Å². The number of esters is 1. The maximum atomic E-state index is 13.8. The van der Waals surface area contributed by atoms with Crippen LogP contribution in [0.5, 0.6) is 0 Å². The van der Waals surface area contributed by atoms with Crippen LogP contribution >= 0.6 is 0 Å². The van der Waals surface area contributed by atoms with E-state index in [-0.39, 0.29) is 17.7 Å². The normalized spacial score (nSPS) is 8.78. The number of benzene rings is 1. The highest BCUT2D eigenvalue weighted by Gasteiger charge is 2.13. The van der Waals surface area contributed by atoms with Crippen LogP contribution in [0.1, 0.15) is 22.3 Å². The summed E-state index contributed by atoms with van der Waals surface area (Å²) in [5, 5.41) is 3.29. The van der Waals surface area contributed by atoms with Gasteiger partial charge in [0.15, 0.2) is 5.82 Å². The van der Waals surface area contributed by atoms with E-state index in [1.54, 1.807) is 0 Å². The molecule has 0 radical (unpaired) electrons. The number of hydrogen-bond acceptors (Lipinski definition) is 3. The molecule has 0 fully saturated rings. The molecule has 0 saturated heterocycles. The van der Waals surface area contributed by atoms with Crippen LogP contribution in [-0.2, 0) is 4.74 Å². The van der Waals surface area contributed by atoms with Crippen molar-refractivity contribution in [2.24, 2.45) is 5.11 Å². The topological polar surface area (TPSA) is 75.1 Å². The lowest BCUT2D eigenvalue weighted by Gasteiger charge is -2.01. The highest BCUT2D eigenvalue weighted by Crippen LogP contribution is 2.13. The van der Waals surface area contributed by atoms with Gasteiger partial charge in [-0.1, -0.05) is 23.0 Å². The molecule has 92 valence electrons. The molecular formula is C12H10FN3O2. The molecule has 0 aliphatic rings. The molecule has 0 unspecified atom stereocenters. The van der Waals surface area contributed by atoms with Crippen LogP contribution < -0.4 is 0 Å². The van der Waals surface area contributed by atoms with Crippen LogP contribution in [0.3, 0.4) is 0 Å². The van der Waals surface area contributed by atoms with Crippen LogP contribution in [-0.4, -0.2) is 19.6 Å². The molecule has 5 nitrogen and oxygen atoms in total. The average Bonchev–Trinajstić information content (AvgIpc) is 2.39. The highest BCUT2D eigenvalue weighted by molar-refractivity contribution is 5.90. The van der Waals surface area contributed by atoms with Gasteiger partial charge < -0.3 is 4.74 Å². The minimum Gasteiger partial charge on any atom is -0.465 e. The Morgan fingerprint density at radius 2 is 2.39 bits per heavy atom. The summed E-state index contributed by atoms with van der Waals surface area (Å²) in [7, 11) is 1.18. The van der Waals surface area contributed by atoms with Gasteiger partial charge in [-0.05, 0) is 17.7 Å². The maximum absolute atomic E-state index is 13.8. The van der Waals surface area contributed by atoms with Gasteiger partial charge in [-0.2, -0.15) is 0 Å². The summed E-state index contributed by atoms with van der Waals surface area (Å²) in [5.41, 5.74) is 8.01. The van der Waals surface area contributed by atoms with Crippen molar-refractivity contribution in [2.45, 2.75) is 6.42 Å². The Labute approximate surface area is 103 Å². The van der Waals surface area contributed by atoms with Gasteiger partial charge >= 0.3 is 5.97 Å². The number of halogens is 1. The number of azide groups is 1. The first-order chi connectivity index (χ1) is 8.70. The standard InChI is InChI=1S/C12H10FN3O2/c1-18-12(17)10-7-4-6-9(11(10)13)5-2-3-8-15-16-14/h4,6-7H,3,8H2,1H3. The van der Waals surface area contributed by atoms with Gasteiger partial charge in [0.2, 0.25) is 0 Å². The Bertz CT molecular complexity index is 554. The van der Waals surface area contributed by atoms with Gasteiger partial charge in [0.05, 0.1) is 18.2 Å². The highest BCUT2D eigenvalue weighted by atomic mass is 19.1. The lowest BCUT2D eigenvalue weighted by atomic mass is 10.1. The van der Waals surface area contributed by atoms with Gasteiger partial charge in [-0.15, -0.1) is 0 Å². The maximum Gasteiger partial charge on any atom is 0.340 e. The fraction of sp³-hybridized carbons (Fsp3) is 0.250. The number of carbonyl (C=O) groups is 1. The van der Waals surface area contributed by atoms with E-state index in [0.29, 0.717) is 6.42 Å². The number of carbonyl (C=O) groups excluding carboxylic acids is 1. The van der Waals surface area contributed by atoms with Crippen molar-refractivity contribution in [2.75, 3.05) is 13.7 Å². The zero-order valence-corrected chi connectivity index (χ0v) is 9.68. The molecule has 0 aromatic heterocycles. The Balaban J connectivity index is 2.90. The zero-order valence-electron chi connectivity index (χ0n) is 9.68. The number of hydrogen-bond donors (Lipinski definition) is 0. The van der Waals surface area contributed by atoms with Crippen LogP contribution in [0, 0.1) is 17.7 Å². The molecule has 1 rings (SSSR count). The van der Waals surface area contributed by atoms with Crippen LogP contribution in [0.15, 0.2) is 23.3 Å². The minimum atomic E-state index is -0.745. The fourth-order valence-electron chi connectivity index (χ4n) is 1.20. The van der Waals surface area contributed by atoms with Crippen LogP contribution in [0.2, 0.25) is 0 Å². The largest absolute Gasteiger partial charge is 0.465 e. The van der Waals surface area contributed by atoms with Crippen molar-refractivity contribution in [1.29, 1.82) is 0 Å². The molecule has 0 aliphatic heterocycles. The SMILES string of the molecule is COC(=O)c1cccc(C#CCCN=[N+]=[N-])c1F. The van der Waals surface area contributed by atoms with E-state index < -0.39 is 11.8 Å². The summed E-state index contributed by atoms with van der Waals surface area (Å²) >= 11 is 0. The van der Waals surface area contributed by atoms with Gasteiger partial charge in [0.1, 0.15) is 0 Å². The van der Waals surface area contributed by atoms with Crippen LogP contribution in [0.4, 0.5) is 4.39 Å². The lowest BCUT2D eigenvalue weighted by Crippen LogP contribution is -2.05. The second-order valence-corrected chi connectivity index (χ2v) is 3.16. The fourth-order valence-corrected chi connectivity index (χ4v) is 1.20. The molecule has 0 atom stereocenters. The second kappa shape index (κ2) is 6.94. The molecular weight excluding hydrogens is 237 g/mol. The molecule has 1 aromatic rings. The molecule has 0 bridgehead atoms. The molecule has 1 aromatic carbocycles. The van der Waals surface area contributed by atoms with Gasteiger partial charge in [-0.3, -0.25) is 0 Å². The Hall–Kier alpha value is -2.51. The summed E-state index contributed by atoms with van der Waals surface area (Å²) < 4.78 is 18.2. The predicted molar refractivity (Wildman–Crippen MR) is 63.2 cm³/mol. The van der Waals surface area contributed by atoms with Crippen molar-refractivity contribution < 1.29 is 13.9 Å². The average molecular weight is 247 g/mol. The summed E-state index contributed by atoms with van der Waals surface area (Å²) in [6, 6.07) is 4.31. The van der Waals surface area contributed by atoms with E-state index >= 15 is 0 Å². The smallest absolute Gasteiger partial charge is 0.340 e. The van der Waals surface area contributed by atoms with E-state index in [4.69, 9.17) is 5.53 Å². The second-order valence-electron chi connectivity index (χ2n) is 3.16. The Morgan fingerprint density at radius 3 is 3.06 bits per heavy atom. The molecule has 0 spiro atoms. The molecule has 0 heterocycles. The van der Waals surface area contributed by atoms with E-state index in [0.717, 1.165) is 0 Å². The number of rotatable bonds is 3. The van der Waals surface area contributed by atoms with Crippen molar-refractivity contribution in [3.63, 3.8) is 0 Å². The Kier molecular flexibility index (Phi) is 5.23. The zero-order chi connectivity index (χ0) is 13.4. The first kappa shape index (κ1) is 13.6. The van der Waals surface area contributed by atoms with Crippen molar-refractivity contribution in [3.8, 4) is 11.8 Å². The first-order valence-corrected chi connectivity index (χ1v) is 5.07. The lowest BCUT2D eigenvalue weighted by molar-refractivity contribution is 0.0595. The van der Waals surface area contributed by atoms with Crippen molar-refractivity contribution in [1.82, 2.24) is 0 Å². The summed E-state index contributed by atoms with van der Waals surface area (Å²) in [6.45, 7) is 0.224. The molecule has 18 heavy (non-hydrogen) atoms. The van der Waals surface area contributed by atoms with Gasteiger partial charge in [0, 0.05) is 17.9 Å². The predicted octanol–water partition coefficient (Wildman–Crippen LogP) is 2.66. The third-order valence-electron chi connectivity index (χ3n) is 2.03. The molecule has 0 aliphatic carbocycles. The van der Waals surface area contributed by atoms with Gasteiger partial charge in [-0.25, -0.2) is 9.18 Å². The summed E-state index contributed by atoms with van der Waals surface area (Å²) in [5.74, 6) is 3.78. The number of nitrogens with zero attached hydrogens (tertiary/aromatic N) is 3. The summed E-state index contributed by atoms with van der Waals surface area (Å²) in [4.78, 5) is 13.8. The first-order valence-electron chi connectivity index (χ1n) is 5.07. The molecule has 6 heteroatoms. The third-order valence-corrected chi connectivity index (χ3v) is 2.03. The minimum absolute atomic E-state index is 0.110. The number of methoxy groups -OCH3 is 1. The molecule has 0 amide bonds. The summed E-state index contributed by atoms with van der Waals surface area (Å²) in [6.07, 6.45) is 0.325. The Morgan fingerprint density at radius 1 is 1.61 bits per heavy atom. The van der Waals surface area contributed by atoms with E-state index in [1.807, 2.05) is 0 Å². The van der Waals surface area contributed by atoms with E-state index in [9.17, 15) is 9.18 Å². The monoisotopic (exact) mass is 247 g/mol. The van der Waals surface area contributed by atoms with Crippen molar-refractivity contribution in [3.05, 3.63) is 45.6 Å². The van der Waals surface area contributed by atoms with E-state index in [1.165, 1.54) is 25.3 Å². The quantitative estimate of drug-likeness (QED) is 0.205.